The Labute approximate surface area is 183 Å². The average Bonchev–Trinajstić information content (AvgIpc) is 3.05. The van der Waals surface area contributed by atoms with E-state index >= 15 is 0 Å². The van der Waals surface area contributed by atoms with E-state index in [-0.39, 0.29) is 23.0 Å². The Bertz CT molecular complexity index is 1080. The average molecular weight is 416 g/mol. The fourth-order valence-electron chi connectivity index (χ4n) is 7.14. The molecule has 2 unspecified atom stereocenters. The smallest absolute Gasteiger partial charge is 0.308 e. The summed E-state index contributed by atoms with van der Waals surface area (Å²) >= 11 is 0. The maximum atomic E-state index is 11.4. The number of hydrogen-bond donors (Lipinski definition) is 1. The molecule has 160 valence electrons. The van der Waals surface area contributed by atoms with Crippen LogP contribution in [0.3, 0.4) is 0 Å². The fraction of sp³-hybridized carbons (Fsp3) is 0.444. The third-order valence-corrected chi connectivity index (χ3v) is 8.15. The van der Waals surface area contributed by atoms with Crippen molar-refractivity contribution in [3.8, 4) is 5.75 Å². The van der Waals surface area contributed by atoms with Gasteiger partial charge in [0.05, 0.1) is 6.04 Å². The second-order valence-electron chi connectivity index (χ2n) is 10.3. The summed E-state index contributed by atoms with van der Waals surface area (Å²) in [5.41, 5.74) is 7.58. The molecule has 0 aromatic heterocycles. The summed E-state index contributed by atoms with van der Waals surface area (Å²) in [6.07, 6.45) is 5.42. The zero-order valence-corrected chi connectivity index (χ0v) is 18.2. The van der Waals surface area contributed by atoms with Gasteiger partial charge in [-0.15, -0.1) is 0 Å². The quantitative estimate of drug-likeness (QED) is 0.582. The van der Waals surface area contributed by atoms with E-state index in [2.05, 4.69) is 48.2 Å². The molecule has 31 heavy (non-hydrogen) atoms. The van der Waals surface area contributed by atoms with Gasteiger partial charge in [-0.2, -0.15) is 0 Å². The summed E-state index contributed by atoms with van der Waals surface area (Å²) in [5.74, 6) is 0.306. The number of benzene rings is 2. The number of carbonyl (C=O) groups excluding carboxylic acids is 1. The summed E-state index contributed by atoms with van der Waals surface area (Å²) in [6, 6.07) is 17.6. The minimum atomic E-state index is -0.292. The Morgan fingerprint density at radius 2 is 1.84 bits per heavy atom. The van der Waals surface area contributed by atoms with Gasteiger partial charge in [-0.25, -0.2) is 0 Å². The highest BCUT2D eigenvalue weighted by Gasteiger charge is 2.71. The Morgan fingerprint density at radius 1 is 1.13 bits per heavy atom. The van der Waals surface area contributed by atoms with Crippen LogP contribution in [0.2, 0.25) is 0 Å². The highest BCUT2D eigenvalue weighted by molar-refractivity contribution is 5.79. The molecule has 4 heteroatoms. The SMILES string of the molecule is CC(=O)Oc1ccc(C2C3=C(CC(C)N2C24CC(CO)(C2)C4)c2ccccc2C3)cc1. The minimum Gasteiger partial charge on any atom is -0.427 e. The largest absolute Gasteiger partial charge is 0.427 e. The molecule has 4 nitrogen and oxygen atoms in total. The number of nitrogens with zero attached hydrogens (tertiary/aromatic N) is 1. The summed E-state index contributed by atoms with van der Waals surface area (Å²) in [4.78, 5) is 14.1. The Kier molecular flexibility index (Phi) is 4.06. The van der Waals surface area contributed by atoms with Gasteiger partial charge >= 0.3 is 5.97 Å². The number of ether oxygens (including phenoxy) is 1. The van der Waals surface area contributed by atoms with Gasteiger partial charge in [0.2, 0.25) is 0 Å². The molecule has 1 heterocycles. The van der Waals surface area contributed by atoms with Crippen molar-refractivity contribution in [1.82, 2.24) is 4.90 Å². The number of hydrogen-bond acceptors (Lipinski definition) is 4. The molecule has 2 aromatic carbocycles. The topological polar surface area (TPSA) is 49.8 Å². The molecule has 4 aliphatic carbocycles. The van der Waals surface area contributed by atoms with Crippen molar-refractivity contribution >= 4 is 11.5 Å². The van der Waals surface area contributed by atoms with Crippen LogP contribution in [0.15, 0.2) is 54.1 Å². The zero-order chi connectivity index (χ0) is 21.4. The number of carbonyl (C=O) groups is 1. The van der Waals surface area contributed by atoms with E-state index in [1.807, 2.05) is 12.1 Å². The van der Waals surface area contributed by atoms with Crippen LogP contribution in [0.1, 0.15) is 62.3 Å². The molecule has 3 fully saturated rings. The first-order chi connectivity index (χ1) is 14.9. The molecule has 2 atom stereocenters. The first-order valence-corrected chi connectivity index (χ1v) is 11.4. The maximum Gasteiger partial charge on any atom is 0.308 e. The van der Waals surface area contributed by atoms with Gasteiger partial charge in [0.25, 0.3) is 0 Å². The van der Waals surface area contributed by atoms with Crippen LogP contribution in [0.25, 0.3) is 5.57 Å². The molecule has 0 spiro atoms. The summed E-state index contributed by atoms with van der Waals surface area (Å²) in [7, 11) is 0. The normalized spacial score (nSPS) is 33.3. The molecular weight excluding hydrogens is 386 g/mol. The van der Waals surface area contributed by atoms with Crippen LogP contribution in [-0.2, 0) is 11.2 Å². The van der Waals surface area contributed by atoms with Crippen molar-refractivity contribution in [3.63, 3.8) is 0 Å². The number of aliphatic hydroxyl groups is 1. The summed E-state index contributed by atoms with van der Waals surface area (Å²) < 4.78 is 5.28. The maximum absolute atomic E-state index is 11.4. The van der Waals surface area contributed by atoms with E-state index in [0.29, 0.717) is 18.4 Å². The minimum absolute atomic E-state index is 0.177. The molecule has 0 saturated heterocycles. The molecule has 1 N–H and O–H groups in total. The van der Waals surface area contributed by atoms with Gasteiger partial charge in [-0.1, -0.05) is 36.4 Å². The number of esters is 1. The van der Waals surface area contributed by atoms with Gasteiger partial charge in [0.15, 0.2) is 0 Å². The monoisotopic (exact) mass is 415 g/mol. The predicted octanol–water partition coefficient (Wildman–Crippen LogP) is 4.67. The van der Waals surface area contributed by atoms with Crippen LogP contribution in [0, 0.1) is 5.41 Å². The zero-order valence-electron chi connectivity index (χ0n) is 18.2. The van der Waals surface area contributed by atoms with Gasteiger partial charge in [-0.05, 0) is 84.4 Å². The van der Waals surface area contributed by atoms with Gasteiger partial charge < -0.3 is 9.84 Å². The van der Waals surface area contributed by atoms with Crippen molar-refractivity contribution in [2.24, 2.45) is 5.41 Å². The second-order valence-corrected chi connectivity index (χ2v) is 10.3. The standard InChI is InChI=1S/C27H29NO3/c1-17-11-23-22-6-4-3-5-20(22)12-24(23)25(19-7-9-21(10-8-19)31-18(2)30)28(17)27-13-26(14-27,15-27)16-29/h3-10,17,25,29H,11-16H2,1-2H3. The molecule has 7 rings (SSSR count). The van der Waals surface area contributed by atoms with Gasteiger partial charge in [0, 0.05) is 25.1 Å². The molecule has 3 saturated carbocycles. The van der Waals surface area contributed by atoms with E-state index in [0.717, 1.165) is 32.1 Å². The number of aliphatic hydroxyl groups excluding tert-OH is 1. The molecular formula is C27H29NO3. The lowest BCUT2D eigenvalue weighted by Crippen LogP contribution is -2.77. The molecule has 0 radical (unpaired) electrons. The molecule has 0 amide bonds. The Morgan fingerprint density at radius 3 is 2.52 bits per heavy atom. The molecule has 2 aromatic rings. The van der Waals surface area contributed by atoms with Crippen LogP contribution < -0.4 is 4.74 Å². The lowest BCUT2D eigenvalue weighted by atomic mass is 9.38. The lowest BCUT2D eigenvalue weighted by Gasteiger charge is -2.76. The van der Waals surface area contributed by atoms with Gasteiger partial charge in [0.1, 0.15) is 5.75 Å². The van der Waals surface area contributed by atoms with Crippen molar-refractivity contribution in [1.29, 1.82) is 0 Å². The highest BCUT2D eigenvalue weighted by Crippen LogP contribution is 2.72. The summed E-state index contributed by atoms with van der Waals surface area (Å²) in [5, 5.41) is 9.85. The van der Waals surface area contributed by atoms with E-state index in [1.54, 1.807) is 0 Å². The molecule has 2 bridgehead atoms. The van der Waals surface area contributed by atoms with Crippen LogP contribution in [-0.4, -0.2) is 34.2 Å². The highest BCUT2D eigenvalue weighted by atomic mass is 16.5. The van der Waals surface area contributed by atoms with Crippen molar-refractivity contribution in [3.05, 3.63) is 70.8 Å². The first-order valence-electron chi connectivity index (χ1n) is 11.4. The fourth-order valence-corrected chi connectivity index (χ4v) is 7.14. The van der Waals surface area contributed by atoms with E-state index in [9.17, 15) is 9.90 Å². The van der Waals surface area contributed by atoms with Crippen molar-refractivity contribution in [2.45, 2.75) is 63.6 Å². The lowest BCUT2D eigenvalue weighted by molar-refractivity contribution is -0.253. The van der Waals surface area contributed by atoms with E-state index < -0.39 is 0 Å². The second kappa shape index (κ2) is 6.54. The Hall–Kier alpha value is -2.43. The van der Waals surface area contributed by atoms with E-state index in [1.165, 1.54) is 34.8 Å². The van der Waals surface area contributed by atoms with Crippen LogP contribution in [0.4, 0.5) is 0 Å². The van der Waals surface area contributed by atoms with E-state index in [4.69, 9.17) is 4.74 Å². The third kappa shape index (κ3) is 2.71. The Balaban J connectivity index is 1.42. The molecule has 5 aliphatic rings. The van der Waals surface area contributed by atoms with Gasteiger partial charge in [-0.3, -0.25) is 9.69 Å². The van der Waals surface area contributed by atoms with Crippen molar-refractivity contribution in [2.75, 3.05) is 6.61 Å². The third-order valence-electron chi connectivity index (χ3n) is 8.15. The van der Waals surface area contributed by atoms with Crippen LogP contribution in [0.5, 0.6) is 5.75 Å². The predicted molar refractivity (Wildman–Crippen MR) is 120 cm³/mol. The number of fused-ring (bicyclic) bond motifs is 2. The summed E-state index contributed by atoms with van der Waals surface area (Å²) in [6.45, 7) is 4.13. The molecule has 1 aliphatic heterocycles. The van der Waals surface area contributed by atoms with Crippen molar-refractivity contribution < 1.29 is 14.6 Å². The first kappa shape index (κ1) is 19.3. The number of rotatable bonds is 4. The van der Waals surface area contributed by atoms with Crippen LogP contribution >= 0.6 is 0 Å².